The highest BCUT2D eigenvalue weighted by Crippen LogP contribution is 2.33. The fraction of sp³-hybridized carbons (Fsp3) is 0.385. The minimum atomic E-state index is -0.958. The molecule has 106 valence electrons. The molecule has 2 heterocycles. The summed E-state index contributed by atoms with van der Waals surface area (Å²) in [4.78, 5) is 25.7. The maximum absolute atomic E-state index is 11.8. The molecule has 3 rings (SSSR count). The van der Waals surface area contributed by atoms with Crippen LogP contribution in [0.2, 0.25) is 0 Å². The van der Waals surface area contributed by atoms with Crippen LogP contribution in [0.1, 0.15) is 5.56 Å². The van der Waals surface area contributed by atoms with Gasteiger partial charge in [-0.05, 0) is 30.2 Å². The van der Waals surface area contributed by atoms with Crippen LogP contribution in [0, 0.1) is 0 Å². The Hall–Kier alpha value is -2.28. The molecular weight excluding hydrogens is 262 g/mol. The van der Waals surface area contributed by atoms with Crippen LogP contribution in [0.4, 0.5) is 21.0 Å². The molecule has 2 aliphatic heterocycles. The van der Waals surface area contributed by atoms with Gasteiger partial charge in [-0.3, -0.25) is 9.80 Å². The average Bonchev–Trinajstić information content (AvgIpc) is 3.01. The highest BCUT2D eigenvalue weighted by molar-refractivity contribution is 5.93. The van der Waals surface area contributed by atoms with Crippen molar-refractivity contribution in [2.24, 2.45) is 5.73 Å². The minimum Gasteiger partial charge on any atom is -0.465 e. The predicted molar refractivity (Wildman–Crippen MR) is 72.2 cm³/mol. The quantitative estimate of drug-likeness (QED) is 0.841. The van der Waals surface area contributed by atoms with Gasteiger partial charge in [0.15, 0.2) is 0 Å². The number of rotatable bonds is 2. The first-order valence-electron chi connectivity index (χ1n) is 6.41. The second-order valence-electron chi connectivity index (χ2n) is 4.85. The summed E-state index contributed by atoms with van der Waals surface area (Å²) in [5.74, 6) is 0. The Kier molecular flexibility index (Phi) is 2.98. The number of ether oxygens (including phenoxy) is 1. The number of amides is 2. The summed E-state index contributed by atoms with van der Waals surface area (Å²) in [5.41, 5.74) is 7.83. The molecule has 0 aromatic heterocycles. The Bertz CT molecular complexity index is 575. The lowest BCUT2D eigenvalue weighted by molar-refractivity contribution is 0.145. The lowest BCUT2D eigenvalue weighted by Gasteiger charge is -2.16. The molecule has 0 aliphatic carbocycles. The van der Waals surface area contributed by atoms with Crippen molar-refractivity contribution in [3.63, 3.8) is 0 Å². The third-order valence-corrected chi connectivity index (χ3v) is 3.64. The van der Waals surface area contributed by atoms with E-state index in [1.54, 1.807) is 12.1 Å². The lowest BCUT2D eigenvalue weighted by atomic mass is 10.1. The summed E-state index contributed by atoms with van der Waals surface area (Å²) in [6.07, 6.45) is -1.00. The number of nitrogens with two attached hydrogens (primary N) is 1. The second-order valence-corrected chi connectivity index (χ2v) is 4.85. The van der Waals surface area contributed by atoms with Crippen LogP contribution in [0.3, 0.4) is 0 Å². The van der Waals surface area contributed by atoms with Gasteiger partial charge < -0.3 is 15.6 Å². The number of anilines is 2. The number of carboxylic acid groups (broad SMARTS) is 1. The number of hydrogen-bond acceptors (Lipinski definition) is 4. The Balaban J connectivity index is 1.87. The maximum Gasteiger partial charge on any atom is 0.414 e. The molecule has 7 heteroatoms. The molecule has 0 radical (unpaired) electrons. The molecule has 1 saturated heterocycles. The predicted octanol–water partition coefficient (Wildman–Crippen LogP) is 1.01. The molecule has 2 aliphatic rings. The lowest BCUT2D eigenvalue weighted by Crippen LogP contribution is -2.27. The zero-order chi connectivity index (χ0) is 14.3. The SMILES string of the molecule is NCC1CN(c2ccc3c(c2)CCN3C(=O)O)C(=O)O1. The van der Waals surface area contributed by atoms with Gasteiger partial charge in [-0.15, -0.1) is 0 Å². The summed E-state index contributed by atoms with van der Waals surface area (Å²) in [6.45, 7) is 1.17. The minimum absolute atomic E-state index is 0.286. The van der Waals surface area contributed by atoms with Crippen molar-refractivity contribution in [1.82, 2.24) is 0 Å². The van der Waals surface area contributed by atoms with Crippen molar-refractivity contribution in [1.29, 1.82) is 0 Å². The highest BCUT2D eigenvalue weighted by atomic mass is 16.6. The zero-order valence-corrected chi connectivity index (χ0v) is 10.8. The Morgan fingerprint density at radius 1 is 1.50 bits per heavy atom. The van der Waals surface area contributed by atoms with Gasteiger partial charge in [0.2, 0.25) is 0 Å². The van der Waals surface area contributed by atoms with Crippen molar-refractivity contribution in [3.8, 4) is 0 Å². The van der Waals surface area contributed by atoms with Crippen molar-refractivity contribution < 1.29 is 19.4 Å². The van der Waals surface area contributed by atoms with Crippen molar-refractivity contribution in [2.45, 2.75) is 12.5 Å². The van der Waals surface area contributed by atoms with Crippen LogP contribution in [0.15, 0.2) is 18.2 Å². The molecule has 1 aromatic carbocycles. The van der Waals surface area contributed by atoms with E-state index in [4.69, 9.17) is 15.6 Å². The summed E-state index contributed by atoms with van der Waals surface area (Å²) < 4.78 is 5.11. The Morgan fingerprint density at radius 3 is 2.95 bits per heavy atom. The van der Waals surface area contributed by atoms with Gasteiger partial charge in [-0.1, -0.05) is 0 Å². The van der Waals surface area contributed by atoms with Crippen LogP contribution in [0.5, 0.6) is 0 Å². The van der Waals surface area contributed by atoms with E-state index in [1.165, 1.54) is 9.80 Å². The van der Waals surface area contributed by atoms with E-state index in [0.717, 1.165) is 11.3 Å². The van der Waals surface area contributed by atoms with Gasteiger partial charge in [0.25, 0.3) is 0 Å². The molecule has 7 nitrogen and oxygen atoms in total. The Morgan fingerprint density at radius 2 is 2.30 bits per heavy atom. The monoisotopic (exact) mass is 277 g/mol. The summed E-state index contributed by atoms with van der Waals surface area (Å²) in [7, 11) is 0. The van der Waals surface area contributed by atoms with Crippen molar-refractivity contribution in [2.75, 3.05) is 29.4 Å². The fourth-order valence-corrected chi connectivity index (χ4v) is 2.61. The number of fused-ring (bicyclic) bond motifs is 1. The highest BCUT2D eigenvalue weighted by Gasteiger charge is 2.32. The van der Waals surface area contributed by atoms with E-state index >= 15 is 0 Å². The van der Waals surface area contributed by atoms with Gasteiger partial charge in [0.1, 0.15) is 6.10 Å². The van der Waals surface area contributed by atoms with Crippen molar-refractivity contribution in [3.05, 3.63) is 23.8 Å². The molecule has 3 N–H and O–H groups in total. The van der Waals surface area contributed by atoms with Crippen LogP contribution in [-0.2, 0) is 11.2 Å². The van der Waals surface area contributed by atoms with E-state index in [0.29, 0.717) is 31.7 Å². The average molecular weight is 277 g/mol. The number of cyclic esters (lactones) is 1. The third-order valence-electron chi connectivity index (χ3n) is 3.64. The van der Waals surface area contributed by atoms with E-state index < -0.39 is 12.2 Å². The van der Waals surface area contributed by atoms with E-state index in [1.807, 2.05) is 6.07 Å². The number of carbonyl (C=O) groups is 2. The van der Waals surface area contributed by atoms with Gasteiger partial charge in [0.05, 0.1) is 12.2 Å². The maximum atomic E-state index is 11.8. The van der Waals surface area contributed by atoms with E-state index in [-0.39, 0.29) is 6.10 Å². The molecule has 1 fully saturated rings. The standard InChI is InChI=1S/C13H15N3O4/c14-6-10-7-16(13(19)20-10)9-1-2-11-8(5-9)3-4-15(11)12(17)18/h1-2,5,10H,3-4,6-7,14H2,(H,17,18). The van der Waals surface area contributed by atoms with E-state index in [9.17, 15) is 9.59 Å². The van der Waals surface area contributed by atoms with Gasteiger partial charge >= 0.3 is 12.2 Å². The number of hydrogen-bond donors (Lipinski definition) is 2. The smallest absolute Gasteiger partial charge is 0.414 e. The first-order chi connectivity index (χ1) is 9.60. The van der Waals surface area contributed by atoms with Crippen molar-refractivity contribution >= 4 is 23.6 Å². The van der Waals surface area contributed by atoms with Crippen LogP contribution in [-0.4, -0.2) is 43.0 Å². The summed E-state index contributed by atoms with van der Waals surface area (Å²) in [6, 6.07) is 5.31. The first kappa shape index (κ1) is 12.7. The molecule has 0 bridgehead atoms. The molecule has 2 amide bonds. The molecular formula is C13H15N3O4. The molecule has 1 aromatic rings. The van der Waals surface area contributed by atoms with Gasteiger partial charge in [0, 0.05) is 18.8 Å². The molecule has 1 unspecified atom stereocenters. The van der Waals surface area contributed by atoms with Gasteiger partial charge in [-0.25, -0.2) is 9.59 Å². The normalized spacial score (nSPS) is 21.1. The third kappa shape index (κ3) is 1.96. The zero-order valence-electron chi connectivity index (χ0n) is 10.8. The van der Waals surface area contributed by atoms with Crippen LogP contribution in [0.25, 0.3) is 0 Å². The first-order valence-corrected chi connectivity index (χ1v) is 6.41. The largest absolute Gasteiger partial charge is 0.465 e. The summed E-state index contributed by atoms with van der Waals surface area (Å²) >= 11 is 0. The fourth-order valence-electron chi connectivity index (χ4n) is 2.61. The second kappa shape index (κ2) is 4.68. The topological polar surface area (TPSA) is 96.1 Å². The molecule has 0 spiro atoms. The summed E-state index contributed by atoms with van der Waals surface area (Å²) in [5, 5.41) is 9.08. The number of benzene rings is 1. The van der Waals surface area contributed by atoms with Crippen LogP contribution < -0.4 is 15.5 Å². The van der Waals surface area contributed by atoms with Gasteiger partial charge in [-0.2, -0.15) is 0 Å². The number of carbonyl (C=O) groups excluding carboxylic acids is 1. The molecule has 0 saturated carbocycles. The number of nitrogens with zero attached hydrogens (tertiary/aromatic N) is 2. The molecule has 1 atom stereocenters. The van der Waals surface area contributed by atoms with Crippen LogP contribution >= 0.6 is 0 Å². The molecule has 20 heavy (non-hydrogen) atoms. The van der Waals surface area contributed by atoms with E-state index in [2.05, 4.69) is 0 Å². The Labute approximate surface area is 115 Å².